The summed E-state index contributed by atoms with van der Waals surface area (Å²) in [5.41, 5.74) is 1.27. The van der Waals surface area contributed by atoms with Gasteiger partial charge in [-0.3, -0.25) is 4.99 Å². The second-order valence-electron chi connectivity index (χ2n) is 4.76. The fraction of sp³-hybridized carbons (Fsp3) is 0.438. The van der Waals surface area contributed by atoms with E-state index in [1.165, 1.54) is 5.56 Å². The largest absolute Gasteiger partial charge is 0.493 e. The molecule has 108 valence electrons. The van der Waals surface area contributed by atoms with Crippen LogP contribution in [0.5, 0.6) is 5.75 Å². The van der Waals surface area contributed by atoms with Gasteiger partial charge in [0.15, 0.2) is 5.96 Å². The maximum absolute atomic E-state index is 5.68. The van der Waals surface area contributed by atoms with Crippen LogP contribution in [0, 0.1) is 0 Å². The summed E-state index contributed by atoms with van der Waals surface area (Å²) < 4.78 is 5.68. The van der Waals surface area contributed by atoms with E-state index in [1.54, 1.807) is 0 Å². The van der Waals surface area contributed by atoms with Crippen LogP contribution in [-0.4, -0.2) is 32.2 Å². The molecule has 0 saturated heterocycles. The fourth-order valence-corrected chi connectivity index (χ4v) is 2.32. The lowest BCUT2D eigenvalue weighted by Gasteiger charge is -2.24. The molecular weight excluding hydrogens is 250 g/mol. The monoisotopic (exact) mass is 273 g/mol. The van der Waals surface area contributed by atoms with E-state index in [-0.39, 0.29) is 0 Å². The molecule has 1 atom stereocenters. The Labute approximate surface area is 120 Å². The summed E-state index contributed by atoms with van der Waals surface area (Å²) in [6.07, 6.45) is 2.85. The van der Waals surface area contributed by atoms with Crippen molar-refractivity contribution in [2.75, 3.05) is 26.2 Å². The van der Waals surface area contributed by atoms with E-state index in [0.717, 1.165) is 44.4 Å². The molecule has 1 aromatic rings. The molecule has 0 radical (unpaired) electrons. The third-order valence-corrected chi connectivity index (χ3v) is 3.31. The van der Waals surface area contributed by atoms with E-state index in [4.69, 9.17) is 4.74 Å². The number of para-hydroxylation sites is 1. The number of ether oxygens (including phenoxy) is 1. The Bertz CT molecular complexity index is 471. The first-order valence-electron chi connectivity index (χ1n) is 7.20. The van der Waals surface area contributed by atoms with Gasteiger partial charge in [0.1, 0.15) is 5.75 Å². The molecular formula is C16H23N3O. The smallest absolute Gasteiger partial charge is 0.191 e. The zero-order chi connectivity index (χ0) is 14.2. The van der Waals surface area contributed by atoms with Crippen molar-refractivity contribution in [2.45, 2.75) is 19.3 Å². The molecule has 2 N–H and O–H groups in total. The van der Waals surface area contributed by atoms with Gasteiger partial charge in [0.25, 0.3) is 0 Å². The minimum atomic E-state index is 0.430. The number of hydrogen-bond acceptors (Lipinski definition) is 2. The predicted molar refractivity (Wildman–Crippen MR) is 83.5 cm³/mol. The minimum Gasteiger partial charge on any atom is -0.493 e. The standard InChI is InChI=1S/C16H23N3O/c1-3-10-18-16(17-4-2)19-12-13-9-11-20-15-8-6-5-7-14(13)15/h3,5-8,13H,1,4,9-12H2,2H3,(H2,17,18,19). The molecule has 4 nitrogen and oxygen atoms in total. The molecule has 0 amide bonds. The number of hydrogen-bond donors (Lipinski definition) is 2. The minimum absolute atomic E-state index is 0.430. The molecule has 0 aromatic heterocycles. The summed E-state index contributed by atoms with van der Waals surface area (Å²) in [7, 11) is 0. The summed E-state index contributed by atoms with van der Waals surface area (Å²) in [6.45, 7) is 8.89. The lowest BCUT2D eigenvalue weighted by atomic mass is 9.93. The summed E-state index contributed by atoms with van der Waals surface area (Å²) in [4.78, 5) is 4.66. The number of nitrogens with zero attached hydrogens (tertiary/aromatic N) is 1. The lowest BCUT2D eigenvalue weighted by Crippen LogP contribution is -2.37. The third-order valence-electron chi connectivity index (χ3n) is 3.31. The van der Waals surface area contributed by atoms with Crippen LogP contribution in [0.4, 0.5) is 0 Å². The van der Waals surface area contributed by atoms with Crippen molar-refractivity contribution >= 4 is 5.96 Å². The number of aliphatic imine (C=N–C) groups is 1. The van der Waals surface area contributed by atoms with E-state index in [1.807, 2.05) is 18.2 Å². The Morgan fingerprint density at radius 2 is 2.30 bits per heavy atom. The Morgan fingerprint density at radius 3 is 3.10 bits per heavy atom. The van der Waals surface area contributed by atoms with E-state index >= 15 is 0 Å². The fourth-order valence-electron chi connectivity index (χ4n) is 2.32. The van der Waals surface area contributed by atoms with Crippen molar-refractivity contribution in [1.82, 2.24) is 10.6 Å². The summed E-state index contributed by atoms with van der Waals surface area (Å²) in [5, 5.41) is 6.46. The highest BCUT2D eigenvalue weighted by Crippen LogP contribution is 2.33. The number of nitrogens with one attached hydrogen (secondary N) is 2. The topological polar surface area (TPSA) is 45.7 Å². The van der Waals surface area contributed by atoms with Gasteiger partial charge in [-0.15, -0.1) is 6.58 Å². The molecule has 0 bridgehead atoms. The second kappa shape index (κ2) is 7.58. The Hall–Kier alpha value is -1.97. The number of rotatable bonds is 5. The van der Waals surface area contributed by atoms with Crippen molar-refractivity contribution in [3.63, 3.8) is 0 Å². The first kappa shape index (κ1) is 14.4. The average Bonchev–Trinajstić information content (AvgIpc) is 2.50. The Morgan fingerprint density at radius 1 is 1.45 bits per heavy atom. The van der Waals surface area contributed by atoms with Gasteiger partial charge in [-0.1, -0.05) is 24.3 Å². The average molecular weight is 273 g/mol. The highest BCUT2D eigenvalue weighted by molar-refractivity contribution is 5.79. The van der Waals surface area contributed by atoms with Gasteiger partial charge < -0.3 is 15.4 Å². The van der Waals surface area contributed by atoms with Crippen LogP contribution in [0.2, 0.25) is 0 Å². The predicted octanol–water partition coefficient (Wildman–Crippen LogP) is 2.29. The second-order valence-corrected chi connectivity index (χ2v) is 4.76. The number of benzene rings is 1. The molecule has 0 spiro atoms. The normalized spacial score (nSPS) is 17.9. The van der Waals surface area contributed by atoms with Crippen molar-refractivity contribution in [2.24, 2.45) is 4.99 Å². The Balaban J connectivity index is 2.03. The zero-order valence-corrected chi connectivity index (χ0v) is 12.1. The van der Waals surface area contributed by atoms with Crippen LogP contribution >= 0.6 is 0 Å². The molecule has 0 fully saturated rings. The Kier molecular flexibility index (Phi) is 5.47. The van der Waals surface area contributed by atoms with Crippen molar-refractivity contribution in [3.8, 4) is 5.75 Å². The highest BCUT2D eigenvalue weighted by Gasteiger charge is 2.20. The number of fused-ring (bicyclic) bond motifs is 1. The first-order chi connectivity index (χ1) is 9.85. The third kappa shape index (κ3) is 3.76. The molecule has 2 rings (SSSR count). The summed E-state index contributed by atoms with van der Waals surface area (Å²) >= 11 is 0. The van der Waals surface area contributed by atoms with Crippen molar-refractivity contribution in [1.29, 1.82) is 0 Å². The summed E-state index contributed by atoms with van der Waals surface area (Å²) in [5.74, 6) is 2.28. The molecule has 0 aliphatic carbocycles. The van der Waals surface area contributed by atoms with Gasteiger partial charge in [-0.25, -0.2) is 0 Å². The highest BCUT2D eigenvalue weighted by atomic mass is 16.5. The van der Waals surface area contributed by atoms with Gasteiger partial charge >= 0.3 is 0 Å². The molecule has 4 heteroatoms. The quantitative estimate of drug-likeness (QED) is 0.491. The molecule has 0 saturated carbocycles. The van der Waals surface area contributed by atoms with Crippen LogP contribution in [0.1, 0.15) is 24.8 Å². The molecule has 1 unspecified atom stereocenters. The lowest BCUT2D eigenvalue weighted by molar-refractivity contribution is 0.269. The summed E-state index contributed by atoms with van der Waals surface area (Å²) in [6, 6.07) is 8.25. The van der Waals surface area contributed by atoms with Crippen LogP contribution in [0.25, 0.3) is 0 Å². The molecule has 1 aromatic carbocycles. The van der Waals surface area contributed by atoms with Crippen molar-refractivity contribution in [3.05, 3.63) is 42.5 Å². The van der Waals surface area contributed by atoms with Gasteiger partial charge in [0.05, 0.1) is 6.61 Å². The van der Waals surface area contributed by atoms with Crippen LogP contribution in [0.15, 0.2) is 41.9 Å². The van der Waals surface area contributed by atoms with Gasteiger partial charge in [0, 0.05) is 25.6 Å². The van der Waals surface area contributed by atoms with Gasteiger partial charge in [-0.2, -0.15) is 0 Å². The maximum Gasteiger partial charge on any atom is 0.191 e. The van der Waals surface area contributed by atoms with Crippen LogP contribution < -0.4 is 15.4 Å². The maximum atomic E-state index is 5.68. The van der Waals surface area contributed by atoms with E-state index in [0.29, 0.717) is 5.92 Å². The molecule has 1 aliphatic heterocycles. The van der Waals surface area contributed by atoms with Crippen LogP contribution in [-0.2, 0) is 0 Å². The van der Waals surface area contributed by atoms with Gasteiger partial charge in [0.2, 0.25) is 0 Å². The number of guanidine groups is 1. The molecule has 20 heavy (non-hydrogen) atoms. The zero-order valence-electron chi connectivity index (χ0n) is 12.1. The molecule has 1 aliphatic rings. The van der Waals surface area contributed by atoms with Gasteiger partial charge in [-0.05, 0) is 25.0 Å². The first-order valence-corrected chi connectivity index (χ1v) is 7.20. The van der Waals surface area contributed by atoms with E-state index in [2.05, 4.69) is 41.3 Å². The molecule has 1 heterocycles. The van der Waals surface area contributed by atoms with E-state index < -0.39 is 0 Å². The SMILES string of the molecule is C=CCNC(=NCC1CCOc2ccccc21)NCC. The van der Waals surface area contributed by atoms with Crippen LogP contribution in [0.3, 0.4) is 0 Å². The van der Waals surface area contributed by atoms with Crippen molar-refractivity contribution < 1.29 is 4.74 Å². The van der Waals surface area contributed by atoms with E-state index in [9.17, 15) is 0 Å².